The Bertz CT molecular complexity index is 527. The van der Waals surface area contributed by atoms with Crippen molar-refractivity contribution < 1.29 is 9.53 Å². The average molecular weight is 345 g/mol. The molecule has 6 heteroatoms. The second-order valence-corrected chi connectivity index (χ2v) is 6.31. The Kier molecular flexibility index (Phi) is 5.95. The van der Waals surface area contributed by atoms with Gasteiger partial charge in [-0.15, -0.1) is 12.4 Å². The number of hydrogen-bond acceptors (Lipinski definition) is 3. The largest absolute Gasteiger partial charge is 0.493 e. The first-order valence-corrected chi connectivity index (χ1v) is 7.99. The van der Waals surface area contributed by atoms with Gasteiger partial charge in [0.2, 0.25) is 0 Å². The molecule has 0 spiro atoms. The number of likely N-dealkylation sites (tertiary alicyclic amines) is 1. The lowest BCUT2D eigenvalue weighted by atomic mass is 10.0. The summed E-state index contributed by atoms with van der Waals surface area (Å²) in [4.78, 5) is 14.7. The summed E-state index contributed by atoms with van der Waals surface area (Å²) in [5, 5.41) is 3.96. The smallest absolute Gasteiger partial charge is 0.257 e. The minimum atomic E-state index is 0. The van der Waals surface area contributed by atoms with Crippen molar-refractivity contribution in [2.75, 3.05) is 32.8 Å². The summed E-state index contributed by atoms with van der Waals surface area (Å²) in [6, 6.07) is 5.29. The normalized spacial score (nSPS) is 23.1. The molecule has 122 valence electrons. The Balaban J connectivity index is 0.00000176. The van der Waals surface area contributed by atoms with Crippen LogP contribution >= 0.6 is 24.0 Å². The number of benzene rings is 1. The number of nitrogens with zero attached hydrogens (tertiary/aromatic N) is 1. The first-order valence-electron chi connectivity index (χ1n) is 7.61. The average Bonchev–Trinajstić information content (AvgIpc) is 3.06. The first kappa shape index (κ1) is 17.4. The second kappa shape index (κ2) is 7.53. The molecule has 3 rings (SSSR count). The minimum Gasteiger partial charge on any atom is -0.493 e. The molecular formula is C16H22Cl2N2O2. The van der Waals surface area contributed by atoms with Crippen molar-refractivity contribution in [3.63, 3.8) is 0 Å². The number of fused-ring (bicyclic) bond motifs is 1. The summed E-state index contributed by atoms with van der Waals surface area (Å²) in [5.74, 6) is 1.86. The zero-order valence-electron chi connectivity index (χ0n) is 12.7. The fourth-order valence-electron chi connectivity index (χ4n) is 3.20. The van der Waals surface area contributed by atoms with E-state index in [1.54, 1.807) is 18.2 Å². The highest BCUT2D eigenvalue weighted by Crippen LogP contribution is 2.30. The van der Waals surface area contributed by atoms with Crippen molar-refractivity contribution in [1.82, 2.24) is 10.2 Å². The highest BCUT2D eigenvalue weighted by Gasteiger charge is 2.38. The van der Waals surface area contributed by atoms with Crippen LogP contribution in [0.3, 0.4) is 0 Å². The van der Waals surface area contributed by atoms with Gasteiger partial charge in [-0.2, -0.15) is 0 Å². The molecule has 2 aliphatic heterocycles. The number of rotatable bonds is 4. The molecule has 1 amide bonds. The highest BCUT2D eigenvalue weighted by atomic mass is 35.5. The monoisotopic (exact) mass is 344 g/mol. The van der Waals surface area contributed by atoms with Crippen LogP contribution in [0.25, 0.3) is 0 Å². The number of amides is 1. The molecule has 2 fully saturated rings. The van der Waals surface area contributed by atoms with Gasteiger partial charge in [0, 0.05) is 31.2 Å². The van der Waals surface area contributed by atoms with E-state index >= 15 is 0 Å². The summed E-state index contributed by atoms with van der Waals surface area (Å²) in [5.41, 5.74) is 0.587. The molecule has 0 aliphatic carbocycles. The van der Waals surface area contributed by atoms with E-state index in [0.717, 1.165) is 32.6 Å². The Morgan fingerprint density at radius 2 is 2.05 bits per heavy atom. The Morgan fingerprint density at radius 1 is 1.36 bits per heavy atom. The van der Waals surface area contributed by atoms with Crippen LogP contribution in [0.1, 0.15) is 23.7 Å². The predicted molar refractivity (Wildman–Crippen MR) is 90.2 cm³/mol. The SMILES string of the molecule is CCCOc1ccc(Cl)cc1C(=O)N1C[C@H]2CNC[C@H]2C1.Cl. The van der Waals surface area contributed by atoms with Crippen molar-refractivity contribution in [3.05, 3.63) is 28.8 Å². The van der Waals surface area contributed by atoms with Gasteiger partial charge >= 0.3 is 0 Å². The Labute approximate surface area is 142 Å². The van der Waals surface area contributed by atoms with Gasteiger partial charge in [0.15, 0.2) is 0 Å². The van der Waals surface area contributed by atoms with Gasteiger partial charge in [0.1, 0.15) is 5.75 Å². The van der Waals surface area contributed by atoms with Crippen LogP contribution in [-0.2, 0) is 0 Å². The van der Waals surface area contributed by atoms with Gasteiger partial charge in [-0.1, -0.05) is 18.5 Å². The van der Waals surface area contributed by atoms with Gasteiger partial charge in [-0.3, -0.25) is 4.79 Å². The van der Waals surface area contributed by atoms with Gasteiger partial charge < -0.3 is 15.0 Å². The molecule has 2 heterocycles. The maximum Gasteiger partial charge on any atom is 0.257 e. The third-order valence-corrected chi connectivity index (χ3v) is 4.55. The number of carbonyl (C=O) groups is 1. The molecule has 0 aromatic heterocycles. The van der Waals surface area contributed by atoms with E-state index in [-0.39, 0.29) is 18.3 Å². The van der Waals surface area contributed by atoms with E-state index in [9.17, 15) is 4.79 Å². The topological polar surface area (TPSA) is 41.6 Å². The second-order valence-electron chi connectivity index (χ2n) is 5.88. The maximum atomic E-state index is 12.8. The van der Waals surface area contributed by atoms with Gasteiger partial charge in [0.05, 0.1) is 12.2 Å². The molecule has 22 heavy (non-hydrogen) atoms. The predicted octanol–water partition coefficient (Wildman–Crippen LogP) is 2.84. The van der Waals surface area contributed by atoms with Crippen LogP contribution in [0, 0.1) is 11.8 Å². The van der Waals surface area contributed by atoms with Crippen molar-refractivity contribution in [2.24, 2.45) is 11.8 Å². The molecule has 1 aromatic carbocycles. The lowest BCUT2D eigenvalue weighted by Crippen LogP contribution is -2.32. The van der Waals surface area contributed by atoms with E-state index < -0.39 is 0 Å². The molecule has 0 radical (unpaired) electrons. The standard InChI is InChI=1S/C16H21ClN2O2.ClH/c1-2-5-21-15-4-3-13(17)6-14(15)16(20)19-9-11-7-18-8-12(11)10-19;/h3-4,6,11-12,18H,2,5,7-10H2,1H3;1H/t11-,12+;. The van der Waals surface area contributed by atoms with Gasteiger partial charge in [-0.05, 0) is 36.5 Å². The van der Waals surface area contributed by atoms with Gasteiger partial charge in [0.25, 0.3) is 5.91 Å². The fourth-order valence-corrected chi connectivity index (χ4v) is 3.37. The maximum absolute atomic E-state index is 12.8. The molecule has 2 aliphatic rings. The summed E-state index contributed by atoms with van der Waals surface area (Å²) >= 11 is 6.06. The number of hydrogen-bond donors (Lipinski definition) is 1. The number of halogens is 2. The lowest BCUT2D eigenvalue weighted by molar-refractivity contribution is 0.0777. The molecule has 0 unspecified atom stereocenters. The summed E-state index contributed by atoms with van der Waals surface area (Å²) in [6.45, 7) is 6.35. The summed E-state index contributed by atoms with van der Waals surface area (Å²) < 4.78 is 5.70. The molecule has 4 nitrogen and oxygen atoms in total. The van der Waals surface area contributed by atoms with Crippen molar-refractivity contribution >= 4 is 29.9 Å². The van der Waals surface area contributed by atoms with Crippen LogP contribution in [0.2, 0.25) is 5.02 Å². The Hall–Kier alpha value is -0.970. The fraction of sp³-hybridized carbons (Fsp3) is 0.562. The third-order valence-electron chi connectivity index (χ3n) is 4.31. The Morgan fingerprint density at radius 3 is 2.68 bits per heavy atom. The van der Waals surface area contributed by atoms with Crippen molar-refractivity contribution in [1.29, 1.82) is 0 Å². The molecule has 1 aromatic rings. The lowest BCUT2D eigenvalue weighted by Gasteiger charge is -2.19. The minimum absolute atomic E-state index is 0. The van der Waals surface area contributed by atoms with Crippen LogP contribution in [0.15, 0.2) is 18.2 Å². The van der Waals surface area contributed by atoms with Crippen LogP contribution in [-0.4, -0.2) is 43.6 Å². The molecular weight excluding hydrogens is 323 g/mol. The molecule has 0 bridgehead atoms. The van der Waals surface area contributed by atoms with E-state index in [1.807, 2.05) is 11.8 Å². The quantitative estimate of drug-likeness (QED) is 0.912. The highest BCUT2D eigenvalue weighted by molar-refractivity contribution is 6.31. The van der Waals surface area contributed by atoms with Gasteiger partial charge in [-0.25, -0.2) is 0 Å². The summed E-state index contributed by atoms with van der Waals surface area (Å²) in [7, 11) is 0. The van der Waals surface area contributed by atoms with Crippen LogP contribution < -0.4 is 10.1 Å². The van der Waals surface area contributed by atoms with Crippen molar-refractivity contribution in [3.8, 4) is 5.75 Å². The molecule has 1 N–H and O–H groups in total. The van der Waals surface area contributed by atoms with E-state index in [4.69, 9.17) is 16.3 Å². The number of ether oxygens (including phenoxy) is 1. The van der Waals surface area contributed by atoms with E-state index in [0.29, 0.717) is 34.8 Å². The van der Waals surface area contributed by atoms with Crippen LogP contribution in [0.5, 0.6) is 5.75 Å². The third kappa shape index (κ3) is 3.50. The summed E-state index contributed by atoms with van der Waals surface area (Å²) in [6.07, 6.45) is 0.912. The molecule has 0 saturated carbocycles. The molecule has 2 saturated heterocycles. The van der Waals surface area contributed by atoms with Crippen LogP contribution in [0.4, 0.5) is 0 Å². The van der Waals surface area contributed by atoms with E-state index in [2.05, 4.69) is 5.32 Å². The zero-order valence-corrected chi connectivity index (χ0v) is 14.3. The molecule has 2 atom stereocenters. The zero-order chi connectivity index (χ0) is 14.8. The van der Waals surface area contributed by atoms with E-state index in [1.165, 1.54) is 0 Å². The number of nitrogens with one attached hydrogen (secondary N) is 1. The number of carbonyl (C=O) groups excluding carboxylic acids is 1. The van der Waals surface area contributed by atoms with Crippen molar-refractivity contribution in [2.45, 2.75) is 13.3 Å². The first-order chi connectivity index (χ1) is 10.2.